The third-order valence-electron chi connectivity index (χ3n) is 4.00. The molecule has 0 atom stereocenters. The summed E-state index contributed by atoms with van der Waals surface area (Å²) in [7, 11) is 0. The minimum Gasteiger partial charge on any atom is -0.355 e. The summed E-state index contributed by atoms with van der Waals surface area (Å²) in [5.74, 6) is 1.49. The van der Waals surface area contributed by atoms with E-state index in [9.17, 15) is 9.18 Å². The van der Waals surface area contributed by atoms with Crippen molar-refractivity contribution in [3.05, 3.63) is 30.1 Å². The molecule has 1 aromatic heterocycles. The van der Waals surface area contributed by atoms with Gasteiger partial charge in [-0.05, 0) is 36.8 Å². The third kappa shape index (κ3) is 4.81. The van der Waals surface area contributed by atoms with E-state index in [1.807, 2.05) is 4.57 Å². The molecule has 5 nitrogen and oxygen atoms in total. The number of nitrogens with one attached hydrogen (secondary N) is 1. The van der Waals surface area contributed by atoms with Crippen LogP contribution < -0.4 is 5.32 Å². The van der Waals surface area contributed by atoms with Gasteiger partial charge in [0.25, 0.3) is 0 Å². The normalized spacial score (nSPS) is 14.1. The summed E-state index contributed by atoms with van der Waals surface area (Å²) in [5.41, 5.74) is 0.431. The zero-order valence-corrected chi connectivity index (χ0v) is 15.4. The molecule has 0 saturated heterocycles. The molecule has 1 saturated carbocycles. The molecule has 1 aliphatic carbocycles. The Morgan fingerprint density at radius 3 is 2.80 bits per heavy atom. The van der Waals surface area contributed by atoms with Crippen LogP contribution >= 0.6 is 11.8 Å². The minimum atomic E-state index is -0.321. The quantitative estimate of drug-likeness (QED) is 0.732. The van der Waals surface area contributed by atoms with Crippen molar-refractivity contribution < 1.29 is 9.18 Å². The van der Waals surface area contributed by atoms with Crippen molar-refractivity contribution in [2.45, 2.75) is 38.4 Å². The van der Waals surface area contributed by atoms with Gasteiger partial charge in [-0.25, -0.2) is 4.39 Å². The molecule has 2 aromatic rings. The number of aromatic nitrogens is 3. The molecule has 1 aliphatic rings. The van der Waals surface area contributed by atoms with Crippen LogP contribution in [0.15, 0.2) is 29.4 Å². The van der Waals surface area contributed by atoms with E-state index in [0.29, 0.717) is 40.7 Å². The molecule has 0 bridgehead atoms. The van der Waals surface area contributed by atoms with Gasteiger partial charge in [-0.15, -0.1) is 10.2 Å². The number of benzene rings is 1. The Morgan fingerprint density at radius 2 is 2.12 bits per heavy atom. The van der Waals surface area contributed by atoms with Gasteiger partial charge in [0.15, 0.2) is 11.0 Å². The first-order valence-electron chi connectivity index (χ1n) is 8.62. The second-order valence-electron chi connectivity index (χ2n) is 6.83. The van der Waals surface area contributed by atoms with Crippen LogP contribution in [0.4, 0.5) is 4.39 Å². The maximum absolute atomic E-state index is 14.1. The number of rotatable bonds is 8. The first-order valence-corrected chi connectivity index (χ1v) is 9.60. The second-order valence-corrected chi connectivity index (χ2v) is 7.77. The van der Waals surface area contributed by atoms with E-state index in [2.05, 4.69) is 29.4 Å². The lowest BCUT2D eigenvalue weighted by atomic mass is 10.2. The fourth-order valence-electron chi connectivity index (χ4n) is 2.53. The Balaban J connectivity index is 1.74. The van der Waals surface area contributed by atoms with Gasteiger partial charge < -0.3 is 9.88 Å². The van der Waals surface area contributed by atoms with Crippen LogP contribution in [-0.4, -0.2) is 33.0 Å². The monoisotopic (exact) mass is 362 g/mol. The third-order valence-corrected chi connectivity index (χ3v) is 4.96. The standard InChI is InChI=1S/C18H23FN4OS/c1-12(2)10-23-17(14-5-3-4-6-15(14)19)21-22-18(23)25-11-16(24)20-9-13-7-8-13/h3-6,12-13H,7-11H2,1-2H3,(H,20,24). The van der Waals surface area contributed by atoms with Crippen LogP contribution in [0.2, 0.25) is 0 Å². The molecule has 0 unspecified atom stereocenters. The van der Waals surface area contributed by atoms with Gasteiger partial charge in [0.2, 0.25) is 5.91 Å². The van der Waals surface area contributed by atoms with Crippen LogP contribution in [0.1, 0.15) is 26.7 Å². The Morgan fingerprint density at radius 1 is 1.36 bits per heavy atom. The fourth-order valence-corrected chi connectivity index (χ4v) is 3.31. The van der Waals surface area contributed by atoms with Crippen LogP contribution in [-0.2, 0) is 11.3 Å². The van der Waals surface area contributed by atoms with E-state index < -0.39 is 0 Å². The van der Waals surface area contributed by atoms with Gasteiger partial charge in [-0.3, -0.25) is 4.79 Å². The number of thioether (sulfide) groups is 1. The zero-order valence-electron chi connectivity index (χ0n) is 14.5. The molecule has 1 N–H and O–H groups in total. The molecule has 0 spiro atoms. The zero-order chi connectivity index (χ0) is 17.8. The number of carbonyl (C=O) groups excluding carboxylic acids is 1. The summed E-state index contributed by atoms with van der Waals surface area (Å²) in [6.07, 6.45) is 2.42. The number of amides is 1. The van der Waals surface area contributed by atoms with Crippen LogP contribution in [0.25, 0.3) is 11.4 Å². The smallest absolute Gasteiger partial charge is 0.230 e. The minimum absolute atomic E-state index is 0.00318. The lowest BCUT2D eigenvalue weighted by molar-refractivity contribution is -0.118. The average molecular weight is 362 g/mol. The van der Waals surface area contributed by atoms with Crippen molar-refractivity contribution >= 4 is 17.7 Å². The largest absolute Gasteiger partial charge is 0.355 e. The second kappa shape index (κ2) is 7.99. The Labute approximate surface area is 151 Å². The number of hydrogen-bond donors (Lipinski definition) is 1. The van der Waals surface area contributed by atoms with E-state index in [4.69, 9.17) is 0 Å². The lowest BCUT2D eigenvalue weighted by Crippen LogP contribution is -2.27. The molecule has 1 amide bonds. The highest BCUT2D eigenvalue weighted by Crippen LogP contribution is 2.28. The molecular formula is C18H23FN4OS. The predicted octanol–water partition coefficient (Wildman–Crippen LogP) is 3.36. The van der Waals surface area contributed by atoms with Gasteiger partial charge in [-0.2, -0.15) is 0 Å². The molecular weight excluding hydrogens is 339 g/mol. The molecule has 0 aliphatic heterocycles. The SMILES string of the molecule is CC(C)Cn1c(SCC(=O)NCC2CC2)nnc1-c1ccccc1F. The predicted molar refractivity (Wildman–Crippen MR) is 96.7 cm³/mol. The molecule has 1 aromatic carbocycles. The van der Waals surface area contributed by atoms with E-state index in [0.717, 1.165) is 6.54 Å². The molecule has 3 rings (SSSR count). The lowest BCUT2D eigenvalue weighted by Gasteiger charge is -2.13. The van der Waals surface area contributed by atoms with Gasteiger partial charge in [0.05, 0.1) is 11.3 Å². The van der Waals surface area contributed by atoms with E-state index in [-0.39, 0.29) is 11.7 Å². The highest BCUT2D eigenvalue weighted by atomic mass is 32.2. The number of halogens is 1. The molecule has 25 heavy (non-hydrogen) atoms. The van der Waals surface area contributed by atoms with Crippen LogP contribution in [0.5, 0.6) is 0 Å². The summed E-state index contributed by atoms with van der Waals surface area (Å²) < 4.78 is 16.1. The van der Waals surface area contributed by atoms with Crippen molar-refractivity contribution in [3.63, 3.8) is 0 Å². The summed E-state index contributed by atoms with van der Waals surface area (Å²) in [4.78, 5) is 12.0. The number of hydrogen-bond acceptors (Lipinski definition) is 4. The van der Waals surface area contributed by atoms with Gasteiger partial charge in [-0.1, -0.05) is 37.7 Å². The highest BCUT2D eigenvalue weighted by Gasteiger charge is 2.22. The summed E-state index contributed by atoms with van der Waals surface area (Å²) >= 11 is 1.35. The van der Waals surface area contributed by atoms with Crippen molar-refractivity contribution in [1.29, 1.82) is 0 Å². The topological polar surface area (TPSA) is 59.8 Å². The van der Waals surface area contributed by atoms with Crippen LogP contribution in [0.3, 0.4) is 0 Å². The fraction of sp³-hybridized carbons (Fsp3) is 0.500. The Kier molecular flexibility index (Phi) is 5.73. The van der Waals surface area contributed by atoms with Gasteiger partial charge in [0.1, 0.15) is 5.82 Å². The van der Waals surface area contributed by atoms with Crippen molar-refractivity contribution in [2.24, 2.45) is 11.8 Å². The number of carbonyl (C=O) groups is 1. The summed E-state index contributed by atoms with van der Waals surface area (Å²) in [6.45, 7) is 5.60. The van der Waals surface area contributed by atoms with Crippen molar-refractivity contribution in [1.82, 2.24) is 20.1 Å². The molecule has 134 valence electrons. The van der Waals surface area contributed by atoms with E-state index in [1.165, 1.54) is 30.7 Å². The molecule has 1 fully saturated rings. The molecule has 7 heteroatoms. The van der Waals surface area contributed by atoms with Gasteiger partial charge >= 0.3 is 0 Å². The summed E-state index contributed by atoms with van der Waals surface area (Å²) in [5, 5.41) is 12.0. The Hall–Kier alpha value is -1.89. The molecule has 0 radical (unpaired) electrons. The van der Waals surface area contributed by atoms with Gasteiger partial charge in [0, 0.05) is 13.1 Å². The van der Waals surface area contributed by atoms with E-state index >= 15 is 0 Å². The average Bonchev–Trinajstić information content (AvgIpc) is 3.33. The first-order chi connectivity index (χ1) is 12.0. The highest BCUT2D eigenvalue weighted by molar-refractivity contribution is 7.99. The van der Waals surface area contributed by atoms with Crippen LogP contribution in [0, 0.1) is 17.7 Å². The molecule has 1 heterocycles. The maximum atomic E-state index is 14.1. The number of nitrogens with zero attached hydrogens (tertiary/aromatic N) is 3. The van der Waals surface area contributed by atoms with Crippen molar-refractivity contribution in [3.8, 4) is 11.4 Å². The Bertz CT molecular complexity index is 742. The maximum Gasteiger partial charge on any atom is 0.230 e. The van der Waals surface area contributed by atoms with Crippen molar-refractivity contribution in [2.75, 3.05) is 12.3 Å². The van der Waals surface area contributed by atoms with E-state index in [1.54, 1.807) is 18.2 Å². The summed E-state index contributed by atoms with van der Waals surface area (Å²) in [6, 6.07) is 6.56. The first kappa shape index (κ1) is 17.9.